The van der Waals surface area contributed by atoms with E-state index in [1.807, 2.05) is 36.6 Å². The summed E-state index contributed by atoms with van der Waals surface area (Å²) in [5, 5.41) is 1.89. The van der Waals surface area contributed by atoms with Gasteiger partial charge in [-0.1, -0.05) is 48.5 Å². The molecule has 1 N–H and O–H groups in total. The number of carbonyl (C=O) groups is 1. The van der Waals surface area contributed by atoms with E-state index in [0.717, 1.165) is 28.1 Å². The molecule has 142 valence electrons. The van der Waals surface area contributed by atoms with Crippen LogP contribution in [0.25, 0.3) is 0 Å². The zero-order chi connectivity index (χ0) is 19.9. The van der Waals surface area contributed by atoms with Crippen molar-refractivity contribution in [3.63, 3.8) is 0 Å². The molecule has 1 amide bonds. The van der Waals surface area contributed by atoms with Gasteiger partial charge in [-0.05, 0) is 41.0 Å². The van der Waals surface area contributed by atoms with Crippen LogP contribution in [0.2, 0.25) is 0 Å². The van der Waals surface area contributed by atoms with Crippen LogP contribution in [-0.2, 0) is 4.79 Å². The first kappa shape index (κ1) is 18.1. The largest absolute Gasteiger partial charge is 0.471 e. The molecule has 0 aromatic heterocycles. The number of carbonyl (C=O) groups excluding carboxylic acids is 1. The summed E-state index contributed by atoms with van der Waals surface area (Å²) in [4.78, 5) is 13.3. The number of hydrogen-bond acceptors (Lipinski definition) is 2. The molecular weight excluding hydrogens is 365 g/mol. The lowest BCUT2D eigenvalue weighted by Gasteiger charge is -2.35. The number of hydrogen-bond donors (Lipinski definition) is 1. The maximum absolute atomic E-state index is 12.5. The summed E-state index contributed by atoms with van der Waals surface area (Å²) in [7, 11) is 2.02. The Morgan fingerprint density at radius 1 is 0.857 bits per heavy atom. The summed E-state index contributed by atoms with van der Waals surface area (Å²) < 4.78 is 37.4. The van der Waals surface area contributed by atoms with E-state index in [2.05, 4.69) is 29.2 Å². The lowest BCUT2D eigenvalue weighted by molar-refractivity contribution is -0.167. The quantitative estimate of drug-likeness (QED) is 0.639. The number of benzene rings is 3. The number of anilines is 3. The van der Waals surface area contributed by atoms with Crippen molar-refractivity contribution in [1.29, 1.82) is 0 Å². The van der Waals surface area contributed by atoms with Gasteiger partial charge in [-0.3, -0.25) is 4.79 Å². The fourth-order valence-corrected chi connectivity index (χ4v) is 3.69. The van der Waals surface area contributed by atoms with Crippen LogP contribution in [0.1, 0.15) is 22.6 Å². The number of fused-ring (bicyclic) bond motifs is 2. The van der Waals surface area contributed by atoms with Crippen LogP contribution in [0, 0.1) is 0 Å². The zero-order valence-corrected chi connectivity index (χ0v) is 15.0. The molecule has 3 aromatic carbocycles. The molecule has 0 saturated carbocycles. The standard InChI is InChI=1S/C22H17F3N2O/c1-27-18-8-4-2-6-16(18)20(17-7-3-5-9-19(17)27)14-10-12-15(13-11-14)26-21(28)22(23,24)25/h2-13,20H,1H3,(H,26,28). The van der Waals surface area contributed by atoms with Gasteiger partial charge in [0, 0.05) is 30.0 Å². The Labute approximate surface area is 160 Å². The minimum Gasteiger partial charge on any atom is -0.344 e. The van der Waals surface area contributed by atoms with Crippen LogP contribution in [0.15, 0.2) is 72.8 Å². The number of rotatable bonds is 2. The molecule has 0 radical (unpaired) electrons. The normalized spacial score (nSPS) is 13.6. The van der Waals surface area contributed by atoms with Crippen molar-refractivity contribution >= 4 is 23.0 Å². The second kappa shape index (κ2) is 6.71. The van der Waals surface area contributed by atoms with Gasteiger partial charge in [0.15, 0.2) is 0 Å². The van der Waals surface area contributed by atoms with Crippen molar-refractivity contribution < 1.29 is 18.0 Å². The number of para-hydroxylation sites is 2. The van der Waals surface area contributed by atoms with Gasteiger partial charge in [-0.2, -0.15) is 13.2 Å². The third kappa shape index (κ3) is 3.11. The van der Waals surface area contributed by atoms with Crippen molar-refractivity contribution in [2.75, 3.05) is 17.3 Å². The Hall–Kier alpha value is -3.28. The van der Waals surface area contributed by atoms with Crippen LogP contribution >= 0.6 is 0 Å². The van der Waals surface area contributed by atoms with E-state index in [-0.39, 0.29) is 11.6 Å². The molecule has 0 unspecified atom stereocenters. The highest BCUT2D eigenvalue weighted by Gasteiger charge is 2.38. The van der Waals surface area contributed by atoms with Crippen molar-refractivity contribution in [2.24, 2.45) is 0 Å². The number of nitrogens with one attached hydrogen (secondary N) is 1. The summed E-state index contributed by atoms with van der Waals surface area (Å²) in [5.74, 6) is -2.02. The molecule has 0 fully saturated rings. The first-order chi connectivity index (χ1) is 13.4. The van der Waals surface area contributed by atoms with Gasteiger partial charge in [0.05, 0.1) is 0 Å². The van der Waals surface area contributed by atoms with E-state index in [1.54, 1.807) is 12.1 Å². The summed E-state index contributed by atoms with van der Waals surface area (Å²) in [6, 6.07) is 22.7. The molecule has 0 atom stereocenters. The molecule has 1 heterocycles. The van der Waals surface area contributed by atoms with E-state index < -0.39 is 12.1 Å². The Morgan fingerprint density at radius 2 is 1.36 bits per heavy atom. The third-order valence-corrected chi connectivity index (χ3v) is 4.98. The molecule has 0 bridgehead atoms. The lowest BCUT2D eigenvalue weighted by atomic mass is 9.80. The smallest absolute Gasteiger partial charge is 0.344 e. The van der Waals surface area contributed by atoms with E-state index >= 15 is 0 Å². The average molecular weight is 382 g/mol. The molecular formula is C22H17F3N2O. The van der Waals surface area contributed by atoms with Gasteiger partial charge in [-0.15, -0.1) is 0 Å². The van der Waals surface area contributed by atoms with Crippen molar-refractivity contribution in [1.82, 2.24) is 0 Å². The van der Waals surface area contributed by atoms with E-state index in [1.165, 1.54) is 12.1 Å². The summed E-state index contributed by atoms with van der Waals surface area (Å²) in [5.41, 5.74) is 5.46. The van der Waals surface area contributed by atoms with E-state index in [0.29, 0.717) is 0 Å². The second-order valence-electron chi connectivity index (χ2n) is 6.68. The van der Waals surface area contributed by atoms with Gasteiger partial charge in [0.1, 0.15) is 0 Å². The van der Waals surface area contributed by atoms with E-state index in [4.69, 9.17) is 0 Å². The van der Waals surface area contributed by atoms with Crippen LogP contribution < -0.4 is 10.2 Å². The number of halogens is 3. The monoisotopic (exact) mass is 382 g/mol. The molecule has 3 aromatic rings. The SMILES string of the molecule is CN1c2ccccc2C(c2ccc(NC(=O)C(F)(F)F)cc2)c2ccccc21. The first-order valence-corrected chi connectivity index (χ1v) is 8.76. The van der Waals surface area contributed by atoms with Crippen molar-refractivity contribution in [3.05, 3.63) is 89.5 Å². The fraction of sp³-hybridized carbons (Fsp3) is 0.136. The minimum absolute atomic E-state index is 0.0454. The molecule has 0 aliphatic carbocycles. The fourth-order valence-electron chi connectivity index (χ4n) is 3.69. The molecule has 1 aliphatic rings. The summed E-state index contributed by atoms with van der Waals surface area (Å²) in [6.45, 7) is 0. The highest BCUT2D eigenvalue weighted by Crippen LogP contribution is 2.47. The number of alkyl halides is 3. The first-order valence-electron chi connectivity index (χ1n) is 8.76. The van der Waals surface area contributed by atoms with Gasteiger partial charge in [-0.25, -0.2) is 0 Å². The lowest BCUT2D eigenvalue weighted by Crippen LogP contribution is -2.29. The zero-order valence-electron chi connectivity index (χ0n) is 15.0. The Kier molecular flexibility index (Phi) is 4.34. The maximum atomic E-state index is 12.5. The van der Waals surface area contributed by atoms with Gasteiger partial charge in [0.25, 0.3) is 0 Å². The molecule has 0 spiro atoms. The van der Waals surface area contributed by atoms with E-state index in [9.17, 15) is 18.0 Å². The second-order valence-corrected chi connectivity index (χ2v) is 6.68. The molecule has 1 aliphatic heterocycles. The maximum Gasteiger partial charge on any atom is 0.471 e. The highest BCUT2D eigenvalue weighted by atomic mass is 19.4. The predicted molar refractivity (Wildman–Crippen MR) is 103 cm³/mol. The van der Waals surface area contributed by atoms with Crippen molar-refractivity contribution in [3.8, 4) is 0 Å². The van der Waals surface area contributed by atoms with Crippen molar-refractivity contribution in [2.45, 2.75) is 12.1 Å². The van der Waals surface area contributed by atoms with Gasteiger partial charge in [0.2, 0.25) is 0 Å². The Balaban J connectivity index is 1.74. The molecule has 4 rings (SSSR count). The number of amides is 1. The average Bonchev–Trinajstić information content (AvgIpc) is 2.69. The molecule has 28 heavy (non-hydrogen) atoms. The van der Waals surface area contributed by atoms with Gasteiger partial charge < -0.3 is 10.2 Å². The summed E-state index contributed by atoms with van der Waals surface area (Å²) >= 11 is 0. The van der Waals surface area contributed by atoms with Gasteiger partial charge >= 0.3 is 12.1 Å². The predicted octanol–water partition coefficient (Wildman–Crippen LogP) is 5.45. The Bertz CT molecular complexity index is 981. The highest BCUT2D eigenvalue weighted by molar-refractivity contribution is 5.94. The van der Waals surface area contributed by atoms with Crippen LogP contribution in [0.5, 0.6) is 0 Å². The van der Waals surface area contributed by atoms with Crippen LogP contribution in [-0.4, -0.2) is 19.1 Å². The number of nitrogens with zero attached hydrogens (tertiary/aromatic N) is 1. The van der Waals surface area contributed by atoms with Crippen LogP contribution in [0.4, 0.5) is 30.2 Å². The molecule has 0 saturated heterocycles. The summed E-state index contributed by atoms with van der Waals surface area (Å²) in [6.07, 6.45) is -4.91. The molecule has 3 nitrogen and oxygen atoms in total. The molecule has 6 heteroatoms. The van der Waals surface area contributed by atoms with Crippen LogP contribution in [0.3, 0.4) is 0 Å². The minimum atomic E-state index is -4.91. The third-order valence-electron chi connectivity index (χ3n) is 4.98. The Morgan fingerprint density at radius 3 is 1.86 bits per heavy atom. The topological polar surface area (TPSA) is 32.3 Å².